The van der Waals surface area contributed by atoms with Gasteiger partial charge < -0.3 is 10.4 Å². The Kier molecular flexibility index (Phi) is 3.42. The van der Waals surface area contributed by atoms with Crippen molar-refractivity contribution in [2.45, 2.75) is 38.1 Å². The van der Waals surface area contributed by atoms with Crippen LogP contribution in [0.5, 0.6) is 0 Å². The first-order valence-electron chi connectivity index (χ1n) is 6.27. The molecule has 0 unspecified atom stereocenters. The zero-order valence-corrected chi connectivity index (χ0v) is 10.7. The number of non-ortho nitro benzene ring substituents is 1. The molecule has 1 fully saturated rings. The van der Waals surface area contributed by atoms with Crippen LogP contribution >= 0.6 is 0 Å². The molecule has 0 spiro atoms. The molecule has 0 saturated heterocycles. The lowest BCUT2D eigenvalue weighted by Gasteiger charge is -2.43. The summed E-state index contributed by atoms with van der Waals surface area (Å²) in [6, 6.07) is 3.80. The third-order valence-electron chi connectivity index (χ3n) is 3.83. The van der Waals surface area contributed by atoms with Gasteiger partial charge in [-0.3, -0.25) is 10.1 Å². The third-order valence-corrected chi connectivity index (χ3v) is 3.83. The minimum Gasteiger partial charge on any atom is -0.478 e. The van der Waals surface area contributed by atoms with Crippen LogP contribution in [-0.4, -0.2) is 21.5 Å². The summed E-state index contributed by atoms with van der Waals surface area (Å²) in [5, 5.41) is 23.1. The number of nitro benzene ring substituents is 1. The first-order chi connectivity index (χ1) is 8.97. The van der Waals surface area contributed by atoms with Gasteiger partial charge in [0.1, 0.15) is 0 Å². The van der Waals surface area contributed by atoms with Gasteiger partial charge in [-0.1, -0.05) is 6.92 Å². The van der Waals surface area contributed by atoms with Crippen LogP contribution in [0.25, 0.3) is 0 Å². The number of aromatic carboxylic acids is 1. The molecular weight excluding hydrogens is 248 g/mol. The number of rotatable bonds is 5. The number of carbonyl (C=O) groups is 1. The molecule has 1 aromatic carbocycles. The van der Waals surface area contributed by atoms with E-state index in [1.54, 1.807) is 0 Å². The fourth-order valence-electron chi connectivity index (χ4n) is 2.39. The Labute approximate surface area is 110 Å². The van der Waals surface area contributed by atoms with Crippen molar-refractivity contribution in [3.05, 3.63) is 33.9 Å². The molecule has 0 amide bonds. The fourth-order valence-corrected chi connectivity index (χ4v) is 2.39. The fraction of sp³-hybridized carbons (Fsp3) is 0.462. The number of anilines is 1. The average Bonchev–Trinajstić information content (AvgIpc) is 2.33. The van der Waals surface area contributed by atoms with Crippen molar-refractivity contribution in [1.29, 1.82) is 0 Å². The summed E-state index contributed by atoms with van der Waals surface area (Å²) < 4.78 is 0. The lowest BCUT2D eigenvalue weighted by Crippen LogP contribution is -2.44. The number of nitrogens with one attached hydrogen (secondary N) is 1. The minimum atomic E-state index is -1.08. The largest absolute Gasteiger partial charge is 0.478 e. The van der Waals surface area contributed by atoms with Gasteiger partial charge in [-0.2, -0.15) is 0 Å². The zero-order valence-electron chi connectivity index (χ0n) is 10.7. The Hall–Kier alpha value is -2.11. The van der Waals surface area contributed by atoms with Crippen LogP contribution in [-0.2, 0) is 0 Å². The zero-order chi connectivity index (χ0) is 14.0. The normalized spacial score (nSPS) is 16.5. The van der Waals surface area contributed by atoms with Crippen molar-refractivity contribution in [2.24, 2.45) is 0 Å². The standard InChI is InChI=1S/C13H16N2O4/c1-2-13(6-3-7-13)14-11-8-9(15(18)19)4-5-10(11)12(16)17/h4-5,8,14H,2-3,6-7H2,1H3,(H,16,17). The molecule has 1 aliphatic carbocycles. The Balaban J connectivity index is 2.37. The van der Waals surface area contributed by atoms with E-state index in [1.807, 2.05) is 6.92 Å². The van der Waals surface area contributed by atoms with Crippen LogP contribution in [0.2, 0.25) is 0 Å². The number of nitrogens with zero attached hydrogens (tertiary/aromatic N) is 1. The Morgan fingerprint density at radius 1 is 1.53 bits per heavy atom. The summed E-state index contributed by atoms with van der Waals surface area (Å²) in [5.74, 6) is -1.08. The number of nitro groups is 1. The molecule has 1 aliphatic rings. The molecule has 0 atom stereocenters. The van der Waals surface area contributed by atoms with Gasteiger partial charge in [-0.05, 0) is 31.7 Å². The van der Waals surface area contributed by atoms with Crippen molar-refractivity contribution < 1.29 is 14.8 Å². The van der Waals surface area contributed by atoms with E-state index in [4.69, 9.17) is 5.11 Å². The Morgan fingerprint density at radius 3 is 2.63 bits per heavy atom. The van der Waals surface area contributed by atoms with Crippen LogP contribution < -0.4 is 5.32 Å². The van der Waals surface area contributed by atoms with Gasteiger partial charge in [0.05, 0.1) is 16.2 Å². The second kappa shape index (κ2) is 4.87. The summed E-state index contributed by atoms with van der Waals surface area (Å²) in [4.78, 5) is 21.4. The summed E-state index contributed by atoms with van der Waals surface area (Å²) in [6.45, 7) is 2.03. The predicted octanol–water partition coefficient (Wildman–Crippen LogP) is 3.04. The quantitative estimate of drug-likeness (QED) is 0.629. The number of carboxylic acids is 1. The Bertz CT molecular complexity index is 518. The molecule has 2 rings (SSSR count). The smallest absolute Gasteiger partial charge is 0.337 e. The monoisotopic (exact) mass is 264 g/mol. The molecule has 2 N–H and O–H groups in total. The van der Waals surface area contributed by atoms with Gasteiger partial charge in [-0.25, -0.2) is 4.79 Å². The van der Waals surface area contributed by atoms with Gasteiger partial charge in [0, 0.05) is 17.7 Å². The highest BCUT2D eigenvalue weighted by atomic mass is 16.6. The second-order valence-corrected chi connectivity index (χ2v) is 4.90. The molecule has 19 heavy (non-hydrogen) atoms. The van der Waals surface area contributed by atoms with Crippen molar-refractivity contribution in [2.75, 3.05) is 5.32 Å². The number of carboxylic acid groups (broad SMARTS) is 1. The molecular formula is C13H16N2O4. The highest BCUT2D eigenvalue weighted by Gasteiger charge is 2.36. The van der Waals surface area contributed by atoms with E-state index >= 15 is 0 Å². The van der Waals surface area contributed by atoms with Gasteiger partial charge in [0.15, 0.2) is 0 Å². The van der Waals surface area contributed by atoms with Crippen LogP contribution in [0, 0.1) is 10.1 Å². The third kappa shape index (κ3) is 2.52. The van der Waals surface area contributed by atoms with Crippen molar-refractivity contribution >= 4 is 17.3 Å². The van der Waals surface area contributed by atoms with Crippen LogP contribution in [0.4, 0.5) is 11.4 Å². The van der Waals surface area contributed by atoms with Crippen LogP contribution in [0.3, 0.4) is 0 Å². The minimum absolute atomic E-state index is 0.0744. The van der Waals surface area contributed by atoms with E-state index < -0.39 is 10.9 Å². The van der Waals surface area contributed by atoms with Gasteiger partial charge in [-0.15, -0.1) is 0 Å². The highest BCUT2D eigenvalue weighted by molar-refractivity contribution is 5.95. The molecule has 0 aromatic heterocycles. The second-order valence-electron chi connectivity index (χ2n) is 4.90. The molecule has 1 aromatic rings. The SMILES string of the molecule is CCC1(Nc2cc([N+](=O)[O-])ccc2C(=O)O)CCC1. The summed E-state index contributed by atoms with van der Waals surface area (Å²) in [6.07, 6.45) is 3.89. The first-order valence-corrected chi connectivity index (χ1v) is 6.27. The molecule has 6 nitrogen and oxygen atoms in total. The maximum absolute atomic E-state index is 11.2. The molecule has 102 valence electrons. The topological polar surface area (TPSA) is 92.5 Å². The van der Waals surface area contributed by atoms with Gasteiger partial charge in [0.25, 0.3) is 5.69 Å². The summed E-state index contributed by atoms with van der Waals surface area (Å²) >= 11 is 0. The van der Waals surface area contributed by atoms with E-state index in [9.17, 15) is 14.9 Å². The number of hydrogen-bond acceptors (Lipinski definition) is 4. The molecule has 0 heterocycles. The summed E-state index contributed by atoms with van der Waals surface area (Å²) in [7, 11) is 0. The lowest BCUT2D eigenvalue weighted by atomic mass is 9.74. The maximum Gasteiger partial charge on any atom is 0.337 e. The van der Waals surface area contributed by atoms with E-state index in [-0.39, 0.29) is 16.8 Å². The molecule has 0 radical (unpaired) electrons. The predicted molar refractivity (Wildman–Crippen MR) is 70.6 cm³/mol. The first kappa shape index (κ1) is 13.3. The number of benzene rings is 1. The van der Waals surface area contributed by atoms with Gasteiger partial charge in [0.2, 0.25) is 0 Å². The van der Waals surface area contributed by atoms with Crippen molar-refractivity contribution in [3.8, 4) is 0 Å². The Morgan fingerprint density at radius 2 is 2.21 bits per heavy atom. The van der Waals surface area contributed by atoms with Crippen LogP contribution in [0.15, 0.2) is 18.2 Å². The molecule has 0 bridgehead atoms. The van der Waals surface area contributed by atoms with Gasteiger partial charge >= 0.3 is 5.97 Å². The van der Waals surface area contributed by atoms with Crippen LogP contribution in [0.1, 0.15) is 43.0 Å². The summed E-state index contributed by atoms with van der Waals surface area (Å²) in [5.41, 5.74) is 0.200. The maximum atomic E-state index is 11.2. The molecule has 6 heteroatoms. The van der Waals surface area contributed by atoms with Crippen molar-refractivity contribution in [3.63, 3.8) is 0 Å². The van der Waals surface area contributed by atoms with E-state index in [0.717, 1.165) is 25.7 Å². The highest BCUT2D eigenvalue weighted by Crippen LogP contribution is 2.39. The van der Waals surface area contributed by atoms with Crippen molar-refractivity contribution in [1.82, 2.24) is 0 Å². The number of hydrogen-bond donors (Lipinski definition) is 2. The van der Waals surface area contributed by atoms with E-state index in [0.29, 0.717) is 5.69 Å². The molecule has 1 saturated carbocycles. The van der Waals surface area contributed by atoms with E-state index in [2.05, 4.69) is 5.32 Å². The lowest BCUT2D eigenvalue weighted by molar-refractivity contribution is -0.384. The average molecular weight is 264 g/mol. The molecule has 0 aliphatic heterocycles. The van der Waals surface area contributed by atoms with E-state index in [1.165, 1.54) is 18.2 Å².